The van der Waals surface area contributed by atoms with Crippen molar-refractivity contribution in [2.24, 2.45) is 5.92 Å². The summed E-state index contributed by atoms with van der Waals surface area (Å²) in [4.78, 5) is 27.3. The maximum atomic E-state index is 12.8. The fourth-order valence-corrected chi connectivity index (χ4v) is 2.93. The van der Waals surface area contributed by atoms with Crippen LogP contribution in [0.4, 0.5) is 11.4 Å². The predicted molar refractivity (Wildman–Crippen MR) is 120 cm³/mol. The Hall–Kier alpha value is -3.60. The van der Waals surface area contributed by atoms with Gasteiger partial charge in [0.2, 0.25) is 0 Å². The van der Waals surface area contributed by atoms with Gasteiger partial charge in [-0.05, 0) is 48.4 Å². The maximum Gasteiger partial charge on any atom is 0.259 e. The average molecular weight is 402 g/mol. The van der Waals surface area contributed by atoms with Gasteiger partial charge in [-0.25, -0.2) is 0 Å². The van der Waals surface area contributed by atoms with E-state index >= 15 is 0 Å². The Bertz CT molecular complexity index is 1020. The first-order valence-corrected chi connectivity index (χ1v) is 9.92. The number of nitrogens with zero attached hydrogens (tertiary/aromatic N) is 1. The van der Waals surface area contributed by atoms with Crippen LogP contribution in [0.25, 0.3) is 0 Å². The highest BCUT2D eigenvalue weighted by Crippen LogP contribution is 2.22. The number of hydrogen-bond donors (Lipinski definition) is 1. The summed E-state index contributed by atoms with van der Waals surface area (Å²) in [5.74, 6) is 0.457. The fraction of sp³-hybridized carbons (Fsp3) is 0.200. The van der Waals surface area contributed by atoms with Gasteiger partial charge in [0, 0.05) is 24.0 Å². The summed E-state index contributed by atoms with van der Waals surface area (Å²) in [5, 5.41) is 2.87. The first-order valence-electron chi connectivity index (χ1n) is 9.92. The number of rotatable bonds is 7. The molecule has 0 radical (unpaired) electrons. The second-order valence-electron chi connectivity index (χ2n) is 7.44. The minimum absolute atomic E-state index is 0.155. The molecule has 154 valence electrons. The van der Waals surface area contributed by atoms with Crippen LogP contribution in [0, 0.1) is 5.92 Å². The Morgan fingerprint density at radius 1 is 0.933 bits per heavy atom. The van der Waals surface area contributed by atoms with Gasteiger partial charge in [-0.3, -0.25) is 9.59 Å². The monoisotopic (exact) mass is 402 g/mol. The second kappa shape index (κ2) is 9.74. The van der Waals surface area contributed by atoms with Crippen molar-refractivity contribution in [2.45, 2.75) is 13.8 Å². The summed E-state index contributed by atoms with van der Waals surface area (Å²) in [6, 6.07) is 23.5. The van der Waals surface area contributed by atoms with Crippen LogP contribution in [0.15, 0.2) is 78.9 Å². The van der Waals surface area contributed by atoms with E-state index in [0.717, 1.165) is 5.69 Å². The number of para-hydroxylation sites is 2. The molecule has 5 heteroatoms. The quantitative estimate of drug-likeness (QED) is 0.587. The molecule has 0 heterocycles. The van der Waals surface area contributed by atoms with Gasteiger partial charge in [0.25, 0.3) is 11.8 Å². The van der Waals surface area contributed by atoms with E-state index < -0.39 is 0 Å². The lowest BCUT2D eigenvalue weighted by molar-refractivity contribution is 0.0989. The minimum atomic E-state index is -0.282. The van der Waals surface area contributed by atoms with Crippen molar-refractivity contribution >= 4 is 23.2 Å². The average Bonchev–Trinajstić information content (AvgIpc) is 2.77. The lowest BCUT2D eigenvalue weighted by Gasteiger charge is -2.18. The highest BCUT2D eigenvalue weighted by Gasteiger charge is 2.16. The molecular formula is C25H26N2O3. The van der Waals surface area contributed by atoms with Crippen LogP contribution in [0.3, 0.4) is 0 Å². The molecule has 30 heavy (non-hydrogen) atoms. The second-order valence-corrected chi connectivity index (χ2v) is 7.44. The summed E-state index contributed by atoms with van der Waals surface area (Å²) in [7, 11) is 1.73. The molecule has 0 bridgehead atoms. The topological polar surface area (TPSA) is 58.6 Å². The Balaban J connectivity index is 1.76. The van der Waals surface area contributed by atoms with Gasteiger partial charge in [-0.15, -0.1) is 0 Å². The van der Waals surface area contributed by atoms with Gasteiger partial charge in [0.1, 0.15) is 5.75 Å². The van der Waals surface area contributed by atoms with Crippen molar-refractivity contribution in [3.63, 3.8) is 0 Å². The molecule has 3 aromatic carbocycles. The van der Waals surface area contributed by atoms with E-state index in [1.807, 2.05) is 36.4 Å². The molecule has 3 rings (SSSR count). The molecule has 0 aromatic heterocycles. The van der Waals surface area contributed by atoms with E-state index in [2.05, 4.69) is 19.2 Å². The number of amides is 2. The number of carbonyl (C=O) groups excluding carboxylic acids is 2. The van der Waals surface area contributed by atoms with Gasteiger partial charge in [-0.2, -0.15) is 0 Å². The first-order chi connectivity index (χ1) is 14.5. The Labute approximate surface area is 177 Å². The summed E-state index contributed by atoms with van der Waals surface area (Å²) in [6.45, 7) is 4.63. The van der Waals surface area contributed by atoms with Crippen molar-refractivity contribution in [3.8, 4) is 5.75 Å². The highest BCUT2D eigenvalue weighted by molar-refractivity contribution is 6.09. The largest absolute Gasteiger partial charge is 0.492 e. The molecule has 0 aliphatic carbocycles. The van der Waals surface area contributed by atoms with Crippen LogP contribution in [-0.4, -0.2) is 25.5 Å². The van der Waals surface area contributed by atoms with E-state index in [1.165, 1.54) is 0 Å². The van der Waals surface area contributed by atoms with Gasteiger partial charge in [0.15, 0.2) is 0 Å². The number of hydrogen-bond acceptors (Lipinski definition) is 3. The molecule has 0 spiro atoms. The van der Waals surface area contributed by atoms with Crippen molar-refractivity contribution in [1.82, 2.24) is 0 Å². The van der Waals surface area contributed by atoms with E-state index in [1.54, 1.807) is 54.4 Å². The van der Waals surface area contributed by atoms with E-state index in [-0.39, 0.29) is 11.8 Å². The fourth-order valence-electron chi connectivity index (χ4n) is 2.93. The smallest absolute Gasteiger partial charge is 0.259 e. The number of carbonyl (C=O) groups is 2. The van der Waals surface area contributed by atoms with Crippen LogP contribution in [0.1, 0.15) is 34.6 Å². The number of anilines is 2. The normalized spacial score (nSPS) is 10.5. The third-order valence-corrected chi connectivity index (χ3v) is 4.52. The summed E-state index contributed by atoms with van der Waals surface area (Å²) in [6.07, 6.45) is 0. The number of nitrogens with one attached hydrogen (secondary N) is 1. The Kier molecular flexibility index (Phi) is 6.86. The molecule has 0 atom stereocenters. The molecule has 0 aliphatic heterocycles. The maximum absolute atomic E-state index is 12.8. The van der Waals surface area contributed by atoms with Crippen molar-refractivity contribution in [3.05, 3.63) is 90.0 Å². The van der Waals surface area contributed by atoms with E-state index in [0.29, 0.717) is 35.1 Å². The lowest BCUT2D eigenvalue weighted by Crippen LogP contribution is -2.26. The molecule has 1 N–H and O–H groups in total. The third-order valence-electron chi connectivity index (χ3n) is 4.52. The first kappa shape index (κ1) is 21.1. The Morgan fingerprint density at radius 2 is 1.63 bits per heavy atom. The molecule has 2 amide bonds. The van der Waals surface area contributed by atoms with Crippen molar-refractivity contribution in [1.29, 1.82) is 0 Å². The molecule has 0 saturated carbocycles. The van der Waals surface area contributed by atoms with E-state index in [9.17, 15) is 9.59 Å². The highest BCUT2D eigenvalue weighted by atomic mass is 16.5. The lowest BCUT2D eigenvalue weighted by atomic mass is 10.1. The Morgan fingerprint density at radius 3 is 2.37 bits per heavy atom. The van der Waals surface area contributed by atoms with Crippen molar-refractivity contribution < 1.29 is 14.3 Å². The summed E-state index contributed by atoms with van der Waals surface area (Å²) in [5.41, 5.74) is 2.29. The van der Waals surface area contributed by atoms with Crippen LogP contribution in [0.5, 0.6) is 5.75 Å². The standard InChI is InChI=1S/C25H26N2O3/c1-18(2)17-30-23-15-8-7-14-22(23)24(28)26-20-11-9-10-19(16-20)25(29)27(3)21-12-5-4-6-13-21/h4-16,18H,17H2,1-3H3,(H,26,28). The molecule has 0 aliphatic rings. The van der Waals surface area contributed by atoms with E-state index in [4.69, 9.17) is 4.74 Å². The zero-order valence-electron chi connectivity index (χ0n) is 17.5. The zero-order chi connectivity index (χ0) is 21.5. The van der Waals surface area contributed by atoms with Crippen LogP contribution < -0.4 is 15.0 Å². The molecule has 5 nitrogen and oxygen atoms in total. The summed E-state index contributed by atoms with van der Waals surface area (Å²) < 4.78 is 5.78. The van der Waals surface area contributed by atoms with Crippen molar-refractivity contribution in [2.75, 3.05) is 23.9 Å². The van der Waals surface area contributed by atoms with Gasteiger partial charge in [-0.1, -0.05) is 50.2 Å². The SMILES string of the molecule is CC(C)COc1ccccc1C(=O)Nc1cccc(C(=O)N(C)c2ccccc2)c1. The van der Waals surface area contributed by atoms with Crippen LogP contribution in [-0.2, 0) is 0 Å². The molecule has 3 aromatic rings. The molecule has 0 fully saturated rings. The number of ether oxygens (including phenoxy) is 1. The minimum Gasteiger partial charge on any atom is -0.492 e. The van der Waals surface area contributed by atoms with Gasteiger partial charge in [0.05, 0.1) is 12.2 Å². The molecule has 0 unspecified atom stereocenters. The van der Waals surface area contributed by atoms with Crippen LogP contribution >= 0.6 is 0 Å². The predicted octanol–water partition coefficient (Wildman–Crippen LogP) is 5.25. The number of benzene rings is 3. The third kappa shape index (κ3) is 5.26. The van der Waals surface area contributed by atoms with Crippen LogP contribution in [0.2, 0.25) is 0 Å². The van der Waals surface area contributed by atoms with Gasteiger partial charge >= 0.3 is 0 Å². The molecule has 0 saturated heterocycles. The van der Waals surface area contributed by atoms with Gasteiger partial charge < -0.3 is 15.0 Å². The molecular weight excluding hydrogens is 376 g/mol. The summed E-state index contributed by atoms with van der Waals surface area (Å²) >= 11 is 0. The zero-order valence-corrected chi connectivity index (χ0v) is 17.5.